The van der Waals surface area contributed by atoms with E-state index in [2.05, 4.69) is 27.8 Å². The van der Waals surface area contributed by atoms with E-state index in [0.717, 1.165) is 58.0 Å². The van der Waals surface area contributed by atoms with Crippen molar-refractivity contribution in [2.45, 2.75) is 126 Å². The number of carbonyl (C=O) groups is 1. The van der Waals surface area contributed by atoms with Gasteiger partial charge in [-0.05, 0) is 68.9 Å². The summed E-state index contributed by atoms with van der Waals surface area (Å²) < 4.78 is 41.0. The number of unbranched alkanes of at least 4 members (excludes halogenated alkanes) is 2. The predicted octanol–water partition coefficient (Wildman–Crippen LogP) is 3.13. The highest BCUT2D eigenvalue weighted by atomic mass is 35.5. The third-order valence-corrected chi connectivity index (χ3v) is 11.9. The van der Waals surface area contributed by atoms with E-state index in [0.29, 0.717) is 26.1 Å². The molecule has 0 spiro atoms. The standard InChI is InChI=1S/C31H55ClF3N7O/c1-2-3-7-12-41-13-8-24(42-14-11-38-25(19-42)31(33,34)35)23(18-41)40-28(43)26(27(36)37)22-16-30-10-6-4-5-9-29(30,20-30)15-21(32)17-39-22/h21-27,38-39H,2-20,36-37H2,1H3,(H,40,43). The Morgan fingerprint density at radius 3 is 2.51 bits per heavy atom. The van der Waals surface area contributed by atoms with Gasteiger partial charge in [-0.1, -0.05) is 39.0 Å². The zero-order valence-corrected chi connectivity index (χ0v) is 26.7. The van der Waals surface area contributed by atoms with Crippen LogP contribution >= 0.6 is 11.6 Å². The maximum atomic E-state index is 14.2. The van der Waals surface area contributed by atoms with Gasteiger partial charge in [-0.25, -0.2) is 0 Å². The molecule has 8 unspecified atom stereocenters. The van der Waals surface area contributed by atoms with Gasteiger partial charge < -0.3 is 32.3 Å². The molecule has 8 atom stereocenters. The predicted molar refractivity (Wildman–Crippen MR) is 165 cm³/mol. The van der Waals surface area contributed by atoms with E-state index in [1.165, 1.54) is 25.7 Å². The molecule has 5 fully saturated rings. The summed E-state index contributed by atoms with van der Waals surface area (Å²) in [6, 6.07) is -2.24. The molecule has 3 heterocycles. The van der Waals surface area contributed by atoms with E-state index in [4.69, 9.17) is 23.1 Å². The molecule has 7 N–H and O–H groups in total. The lowest BCUT2D eigenvalue weighted by atomic mass is 9.76. The lowest BCUT2D eigenvalue weighted by molar-refractivity contribution is -0.168. The second-order valence-corrected chi connectivity index (χ2v) is 15.1. The number of piperazine rings is 1. The molecule has 43 heavy (non-hydrogen) atoms. The van der Waals surface area contributed by atoms with Crippen molar-refractivity contribution in [2.75, 3.05) is 45.8 Å². The van der Waals surface area contributed by atoms with Crippen LogP contribution in [-0.4, -0.2) is 103 Å². The van der Waals surface area contributed by atoms with E-state index in [-0.39, 0.29) is 53.3 Å². The van der Waals surface area contributed by atoms with Crippen LogP contribution < -0.4 is 27.4 Å². The van der Waals surface area contributed by atoms with Gasteiger partial charge >= 0.3 is 6.18 Å². The van der Waals surface area contributed by atoms with E-state index < -0.39 is 24.3 Å². The summed E-state index contributed by atoms with van der Waals surface area (Å²) in [6.07, 6.45) is 7.94. The molecule has 8 nitrogen and oxygen atoms in total. The Bertz CT molecular complexity index is 944. The van der Waals surface area contributed by atoms with Crippen LogP contribution in [0.3, 0.4) is 0 Å². The summed E-state index contributed by atoms with van der Waals surface area (Å²) in [5.74, 6) is -0.844. The molecule has 1 amide bonds. The third-order valence-electron chi connectivity index (χ3n) is 11.6. The van der Waals surface area contributed by atoms with Crippen molar-refractivity contribution in [3.63, 3.8) is 0 Å². The highest BCUT2D eigenvalue weighted by Crippen LogP contribution is 2.75. The molecular weight excluding hydrogens is 579 g/mol. The van der Waals surface area contributed by atoms with Crippen LogP contribution in [0.2, 0.25) is 0 Å². The Morgan fingerprint density at radius 2 is 1.81 bits per heavy atom. The lowest BCUT2D eigenvalue weighted by Crippen LogP contribution is -2.67. The highest BCUT2D eigenvalue weighted by molar-refractivity contribution is 6.20. The molecule has 0 aromatic heterocycles. The van der Waals surface area contributed by atoms with E-state index in [1.54, 1.807) is 0 Å². The number of halogens is 4. The molecule has 3 saturated heterocycles. The van der Waals surface area contributed by atoms with Gasteiger partial charge in [0.15, 0.2) is 0 Å². The minimum atomic E-state index is -4.31. The molecular formula is C31H55ClF3N7O. The molecule has 5 aliphatic rings. The van der Waals surface area contributed by atoms with Gasteiger partial charge in [0.1, 0.15) is 6.04 Å². The Hall–Kier alpha value is -0.690. The van der Waals surface area contributed by atoms with Gasteiger partial charge in [0, 0.05) is 50.2 Å². The molecule has 3 aliphatic heterocycles. The van der Waals surface area contributed by atoms with Gasteiger partial charge in [-0.3, -0.25) is 9.69 Å². The lowest BCUT2D eigenvalue weighted by Gasteiger charge is -2.47. The summed E-state index contributed by atoms with van der Waals surface area (Å²) in [5.41, 5.74) is 13.2. The summed E-state index contributed by atoms with van der Waals surface area (Å²) in [7, 11) is 0. The molecule has 0 aromatic rings. The number of carbonyl (C=O) groups excluding carboxylic acids is 1. The first kappa shape index (κ1) is 33.7. The van der Waals surface area contributed by atoms with Gasteiger partial charge in [-0.2, -0.15) is 13.2 Å². The number of alkyl halides is 4. The van der Waals surface area contributed by atoms with Gasteiger partial charge in [0.05, 0.1) is 18.1 Å². The normalized spacial score (nSPS) is 38.7. The van der Waals surface area contributed by atoms with Crippen molar-refractivity contribution in [3.8, 4) is 0 Å². The number of nitrogens with zero attached hydrogens (tertiary/aromatic N) is 2. The second kappa shape index (κ2) is 14.0. The van der Waals surface area contributed by atoms with E-state index in [9.17, 15) is 18.0 Å². The number of nitrogens with one attached hydrogen (secondary N) is 3. The molecule has 2 aliphatic carbocycles. The highest BCUT2D eigenvalue weighted by Gasteiger charge is 2.67. The van der Waals surface area contributed by atoms with E-state index >= 15 is 0 Å². The Balaban J connectivity index is 1.33. The molecule has 5 rings (SSSR count). The number of hydrogen-bond acceptors (Lipinski definition) is 7. The van der Waals surface area contributed by atoms with Gasteiger partial charge in [0.2, 0.25) is 5.91 Å². The maximum absolute atomic E-state index is 14.2. The van der Waals surface area contributed by atoms with Crippen molar-refractivity contribution >= 4 is 17.5 Å². The Kier molecular flexibility index (Phi) is 10.9. The first-order chi connectivity index (χ1) is 20.5. The molecule has 2 saturated carbocycles. The van der Waals surface area contributed by atoms with Crippen molar-refractivity contribution in [2.24, 2.45) is 28.2 Å². The number of likely N-dealkylation sites (tertiary alicyclic amines) is 1. The number of piperidine rings is 1. The van der Waals surface area contributed by atoms with Gasteiger partial charge in [-0.15, -0.1) is 11.6 Å². The monoisotopic (exact) mass is 633 g/mol. The molecule has 0 bridgehead atoms. The first-order valence-electron chi connectivity index (χ1n) is 16.9. The van der Waals surface area contributed by atoms with Crippen molar-refractivity contribution < 1.29 is 18.0 Å². The average Bonchev–Trinajstić information content (AvgIpc) is 3.57. The fraction of sp³-hybridized carbons (Fsp3) is 0.968. The summed E-state index contributed by atoms with van der Waals surface area (Å²) in [6.45, 7) is 5.81. The van der Waals surface area contributed by atoms with Crippen LogP contribution in [0, 0.1) is 16.7 Å². The number of amides is 1. The molecule has 0 aromatic carbocycles. The number of rotatable bonds is 9. The quantitative estimate of drug-likeness (QED) is 0.151. The fourth-order valence-electron chi connectivity index (χ4n) is 9.29. The number of nitrogens with two attached hydrogens (primary N) is 2. The van der Waals surface area contributed by atoms with E-state index in [1.807, 2.05) is 4.90 Å². The zero-order valence-electron chi connectivity index (χ0n) is 25.9. The Morgan fingerprint density at radius 1 is 1.07 bits per heavy atom. The summed E-state index contributed by atoms with van der Waals surface area (Å²) in [5, 5.41) is 9.55. The minimum absolute atomic E-state index is 0.00539. The largest absolute Gasteiger partial charge is 0.405 e. The topological polar surface area (TPSA) is 112 Å². The minimum Gasteiger partial charge on any atom is -0.350 e. The van der Waals surface area contributed by atoms with Crippen LogP contribution in [0.1, 0.15) is 84.0 Å². The van der Waals surface area contributed by atoms with Crippen LogP contribution in [0.5, 0.6) is 0 Å². The number of hydrogen-bond donors (Lipinski definition) is 5. The first-order valence-corrected chi connectivity index (χ1v) is 17.4. The average molecular weight is 634 g/mol. The van der Waals surface area contributed by atoms with Crippen LogP contribution in [0.25, 0.3) is 0 Å². The smallest absolute Gasteiger partial charge is 0.350 e. The second-order valence-electron chi connectivity index (χ2n) is 14.4. The van der Waals surface area contributed by atoms with Crippen LogP contribution in [-0.2, 0) is 4.79 Å². The zero-order chi connectivity index (χ0) is 30.8. The molecule has 248 valence electrons. The Labute approximate surface area is 260 Å². The molecule has 12 heteroatoms. The fourth-order valence-corrected chi connectivity index (χ4v) is 9.68. The summed E-state index contributed by atoms with van der Waals surface area (Å²) in [4.78, 5) is 18.5. The van der Waals surface area contributed by atoms with Crippen LogP contribution in [0.4, 0.5) is 13.2 Å². The maximum Gasteiger partial charge on any atom is 0.405 e. The van der Waals surface area contributed by atoms with Crippen molar-refractivity contribution in [3.05, 3.63) is 0 Å². The molecule has 0 radical (unpaired) electrons. The SMILES string of the molecule is CCCCCN1CCC(N2CCNC(C(F)(F)F)C2)C(NC(=O)C(C(N)N)C2CC34CCCCCC3(CC(Cl)CN2)C4)C1. The van der Waals surface area contributed by atoms with Gasteiger partial charge in [0.25, 0.3) is 0 Å². The summed E-state index contributed by atoms with van der Waals surface area (Å²) >= 11 is 6.86. The third kappa shape index (κ3) is 7.66. The van der Waals surface area contributed by atoms with Crippen molar-refractivity contribution in [1.82, 2.24) is 25.8 Å². The van der Waals surface area contributed by atoms with Crippen LogP contribution in [0.15, 0.2) is 0 Å². The van der Waals surface area contributed by atoms with Crippen molar-refractivity contribution in [1.29, 1.82) is 0 Å².